The van der Waals surface area contributed by atoms with Crippen molar-refractivity contribution in [3.63, 3.8) is 0 Å². The summed E-state index contributed by atoms with van der Waals surface area (Å²) in [6, 6.07) is 4.24. The Morgan fingerprint density at radius 2 is 2.44 bits per heavy atom. The minimum atomic E-state index is 0.449. The Bertz CT molecular complexity index is 481. The number of nitrogens with one attached hydrogen (secondary N) is 1. The zero-order chi connectivity index (χ0) is 12.5. The first-order valence-corrected chi connectivity index (χ1v) is 6.54. The van der Waals surface area contributed by atoms with E-state index in [0.717, 1.165) is 32.0 Å². The quantitative estimate of drug-likeness (QED) is 0.831. The van der Waals surface area contributed by atoms with Gasteiger partial charge in [-0.05, 0) is 24.3 Å². The maximum Gasteiger partial charge on any atom is 0.226 e. The van der Waals surface area contributed by atoms with E-state index in [0.29, 0.717) is 23.6 Å². The highest BCUT2D eigenvalue weighted by Gasteiger charge is 2.44. The number of nitrogens with zero attached hydrogens (tertiary/aromatic N) is 4. The minimum absolute atomic E-state index is 0.449. The Labute approximate surface area is 107 Å². The van der Waals surface area contributed by atoms with Gasteiger partial charge < -0.3 is 10.2 Å². The molecule has 0 bridgehead atoms. The maximum atomic E-state index is 8.92. The van der Waals surface area contributed by atoms with E-state index in [-0.39, 0.29) is 0 Å². The summed E-state index contributed by atoms with van der Waals surface area (Å²) in [5, 5.41) is 12.4. The van der Waals surface area contributed by atoms with E-state index < -0.39 is 0 Å². The Hall–Kier alpha value is -1.67. The molecule has 3 heterocycles. The van der Waals surface area contributed by atoms with Gasteiger partial charge in [0.25, 0.3) is 0 Å². The molecule has 18 heavy (non-hydrogen) atoms. The van der Waals surface area contributed by atoms with Gasteiger partial charge in [0.1, 0.15) is 11.8 Å². The van der Waals surface area contributed by atoms with Gasteiger partial charge >= 0.3 is 0 Å². The van der Waals surface area contributed by atoms with E-state index in [4.69, 9.17) is 5.26 Å². The van der Waals surface area contributed by atoms with Crippen LogP contribution in [0.25, 0.3) is 0 Å². The SMILES string of the molecule is CCC1C2CNCC2CN1c1nccc(C#N)n1. The van der Waals surface area contributed by atoms with Gasteiger partial charge in [-0.2, -0.15) is 5.26 Å². The number of hydrogen-bond donors (Lipinski definition) is 1. The van der Waals surface area contributed by atoms with Crippen LogP contribution >= 0.6 is 0 Å². The molecule has 2 aliphatic rings. The highest BCUT2D eigenvalue weighted by Crippen LogP contribution is 2.35. The van der Waals surface area contributed by atoms with E-state index in [1.807, 2.05) is 0 Å². The first kappa shape index (κ1) is 11.4. The second kappa shape index (κ2) is 4.54. The van der Waals surface area contributed by atoms with Crippen molar-refractivity contribution in [2.45, 2.75) is 19.4 Å². The number of nitriles is 1. The third kappa shape index (κ3) is 1.73. The van der Waals surface area contributed by atoms with Gasteiger partial charge in [0.15, 0.2) is 0 Å². The van der Waals surface area contributed by atoms with Crippen LogP contribution in [0.15, 0.2) is 12.3 Å². The molecule has 94 valence electrons. The van der Waals surface area contributed by atoms with Gasteiger partial charge in [-0.3, -0.25) is 0 Å². The standard InChI is InChI=1S/C13H17N5/c1-2-12-11-7-15-6-9(11)8-18(12)13-16-4-3-10(5-14)17-13/h3-4,9,11-12,15H,2,6-8H2,1H3. The molecule has 1 aromatic rings. The van der Waals surface area contributed by atoms with Crippen LogP contribution in [0.3, 0.4) is 0 Å². The highest BCUT2D eigenvalue weighted by atomic mass is 15.3. The number of hydrogen-bond acceptors (Lipinski definition) is 5. The predicted molar refractivity (Wildman–Crippen MR) is 68.0 cm³/mol. The summed E-state index contributed by atoms with van der Waals surface area (Å²) in [5.74, 6) is 2.11. The summed E-state index contributed by atoms with van der Waals surface area (Å²) < 4.78 is 0. The average molecular weight is 243 g/mol. The van der Waals surface area contributed by atoms with E-state index in [1.165, 1.54) is 0 Å². The second-order valence-electron chi connectivity index (χ2n) is 5.06. The number of aromatic nitrogens is 2. The fourth-order valence-corrected chi connectivity index (χ4v) is 3.32. The van der Waals surface area contributed by atoms with Crippen LogP contribution in [-0.4, -0.2) is 35.6 Å². The summed E-state index contributed by atoms with van der Waals surface area (Å²) in [6.45, 7) is 5.41. The van der Waals surface area contributed by atoms with Crippen LogP contribution in [0.4, 0.5) is 5.95 Å². The van der Waals surface area contributed by atoms with Gasteiger partial charge in [0.2, 0.25) is 5.95 Å². The molecule has 3 rings (SSSR count). The molecule has 3 atom stereocenters. The number of fused-ring (bicyclic) bond motifs is 1. The van der Waals surface area contributed by atoms with Gasteiger partial charge in [0, 0.05) is 31.9 Å². The lowest BCUT2D eigenvalue weighted by molar-refractivity contribution is 0.440. The normalized spacial score (nSPS) is 30.2. The van der Waals surface area contributed by atoms with Crippen molar-refractivity contribution >= 4 is 5.95 Å². The number of rotatable bonds is 2. The summed E-state index contributed by atoms with van der Waals surface area (Å²) in [4.78, 5) is 11.0. The molecular weight excluding hydrogens is 226 g/mol. The van der Waals surface area contributed by atoms with Gasteiger partial charge in [-0.15, -0.1) is 0 Å². The Morgan fingerprint density at radius 3 is 3.22 bits per heavy atom. The molecule has 2 fully saturated rings. The monoisotopic (exact) mass is 243 g/mol. The summed E-state index contributed by atoms with van der Waals surface area (Å²) >= 11 is 0. The molecule has 3 unspecified atom stereocenters. The first-order chi connectivity index (χ1) is 8.83. The van der Waals surface area contributed by atoms with Crippen molar-refractivity contribution in [3.05, 3.63) is 18.0 Å². The average Bonchev–Trinajstić information content (AvgIpc) is 2.98. The van der Waals surface area contributed by atoms with Crippen LogP contribution in [0, 0.1) is 23.2 Å². The molecule has 2 aliphatic heterocycles. The van der Waals surface area contributed by atoms with Crippen molar-refractivity contribution in [3.8, 4) is 6.07 Å². The Kier molecular flexibility index (Phi) is 2.88. The van der Waals surface area contributed by atoms with Crippen molar-refractivity contribution in [1.29, 1.82) is 5.26 Å². The van der Waals surface area contributed by atoms with Crippen molar-refractivity contribution in [2.75, 3.05) is 24.5 Å². The van der Waals surface area contributed by atoms with E-state index in [1.54, 1.807) is 12.3 Å². The lowest BCUT2D eigenvalue weighted by atomic mass is 9.93. The zero-order valence-electron chi connectivity index (χ0n) is 10.5. The smallest absolute Gasteiger partial charge is 0.226 e. The molecule has 0 aliphatic carbocycles. The fourth-order valence-electron chi connectivity index (χ4n) is 3.32. The summed E-state index contributed by atoms with van der Waals surface area (Å²) in [5.41, 5.74) is 0.449. The largest absolute Gasteiger partial charge is 0.337 e. The Balaban J connectivity index is 1.89. The summed E-state index contributed by atoms with van der Waals surface area (Å²) in [6.07, 6.45) is 2.78. The van der Waals surface area contributed by atoms with Gasteiger partial charge in [-0.1, -0.05) is 6.92 Å². The van der Waals surface area contributed by atoms with E-state index in [2.05, 4.69) is 33.2 Å². The maximum absolute atomic E-state index is 8.92. The molecule has 0 saturated carbocycles. The molecule has 1 aromatic heterocycles. The molecular formula is C13H17N5. The molecule has 0 spiro atoms. The fraction of sp³-hybridized carbons (Fsp3) is 0.615. The van der Waals surface area contributed by atoms with Crippen LogP contribution in [0.1, 0.15) is 19.0 Å². The molecule has 2 saturated heterocycles. The van der Waals surface area contributed by atoms with E-state index in [9.17, 15) is 0 Å². The van der Waals surface area contributed by atoms with Gasteiger partial charge in [-0.25, -0.2) is 9.97 Å². The van der Waals surface area contributed by atoms with Crippen molar-refractivity contribution < 1.29 is 0 Å². The van der Waals surface area contributed by atoms with Crippen molar-refractivity contribution in [1.82, 2.24) is 15.3 Å². The summed E-state index contributed by atoms with van der Waals surface area (Å²) in [7, 11) is 0. The first-order valence-electron chi connectivity index (χ1n) is 6.54. The molecule has 0 amide bonds. The van der Waals surface area contributed by atoms with Crippen LogP contribution in [0.5, 0.6) is 0 Å². The zero-order valence-corrected chi connectivity index (χ0v) is 10.5. The predicted octanol–water partition coefficient (Wildman–Crippen LogP) is 0.782. The topological polar surface area (TPSA) is 64.8 Å². The third-order valence-electron chi connectivity index (χ3n) is 4.15. The number of anilines is 1. The molecule has 5 nitrogen and oxygen atoms in total. The lowest BCUT2D eigenvalue weighted by Gasteiger charge is -2.26. The van der Waals surface area contributed by atoms with E-state index >= 15 is 0 Å². The van der Waals surface area contributed by atoms with Crippen LogP contribution in [-0.2, 0) is 0 Å². The third-order valence-corrected chi connectivity index (χ3v) is 4.15. The molecule has 0 aromatic carbocycles. The van der Waals surface area contributed by atoms with Crippen LogP contribution in [0.2, 0.25) is 0 Å². The molecule has 0 radical (unpaired) electrons. The van der Waals surface area contributed by atoms with Gasteiger partial charge in [0.05, 0.1) is 0 Å². The Morgan fingerprint density at radius 1 is 1.56 bits per heavy atom. The van der Waals surface area contributed by atoms with Crippen molar-refractivity contribution in [2.24, 2.45) is 11.8 Å². The lowest BCUT2D eigenvalue weighted by Crippen LogP contribution is -2.36. The minimum Gasteiger partial charge on any atom is -0.337 e. The molecule has 5 heteroatoms. The second-order valence-corrected chi connectivity index (χ2v) is 5.06. The molecule has 1 N–H and O–H groups in total. The highest BCUT2D eigenvalue weighted by molar-refractivity contribution is 5.38. The van der Waals surface area contributed by atoms with Crippen LogP contribution < -0.4 is 10.2 Å².